The summed E-state index contributed by atoms with van der Waals surface area (Å²) in [4.78, 5) is 31.0. The minimum absolute atomic E-state index is 0.0289. The van der Waals surface area contributed by atoms with Crippen LogP contribution in [-0.2, 0) is 22.4 Å². The molecule has 154 valence electrons. The molecule has 0 saturated heterocycles. The summed E-state index contributed by atoms with van der Waals surface area (Å²) in [5.41, 5.74) is 5.21. The van der Waals surface area contributed by atoms with E-state index < -0.39 is 0 Å². The first-order valence-electron chi connectivity index (χ1n) is 10.4. The summed E-state index contributed by atoms with van der Waals surface area (Å²) in [5.74, 6) is 0.164. The van der Waals surface area contributed by atoms with Gasteiger partial charge in [-0.25, -0.2) is 4.98 Å². The van der Waals surface area contributed by atoms with Crippen molar-refractivity contribution in [1.82, 2.24) is 4.98 Å². The molecule has 1 N–H and O–H groups in total. The van der Waals surface area contributed by atoms with E-state index in [-0.39, 0.29) is 11.8 Å². The van der Waals surface area contributed by atoms with Gasteiger partial charge in [0.1, 0.15) is 0 Å². The zero-order valence-electron chi connectivity index (χ0n) is 17.1. The van der Waals surface area contributed by atoms with Gasteiger partial charge in [0.15, 0.2) is 5.13 Å². The second-order valence-corrected chi connectivity index (χ2v) is 8.32. The first-order valence-corrected chi connectivity index (χ1v) is 11.2. The maximum absolute atomic E-state index is 12.3. The van der Waals surface area contributed by atoms with Crippen LogP contribution in [0.1, 0.15) is 37.3 Å². The van der Waals surface area contributed by atoms with Crippen LogP contribution in [-0.4, -0.2) is 23.3 Å². The molecule has 0 spiro atoms. The van der Waals surface area contributed by atoms with Gasteiger partial charge >= 0.3 is 0 Å². The monoisotopic (exact) mass is 419 g/mol. The second kappa shape index (κ2) is 9.22. The number of anilines is 2. The summed E-state index contributed by atoms with van der Waals surface area (Å²) in [5, 5.41) is 5.48. The van der Waals surface area contributed by atoms with Gasteiger partial charge in [-0.15, -0.1) is 11.3 Å². The summed E-state index contributed by atoms with van der Waals surface area (Å²) >= 11 is 1.43. The molecule has 1 aromatic heterocycles. The SMILES string of the molecule is CCCC(=O)N1CCc2cc(-c3csc(NC(=O)CCc4ccccc4)n3)ccc21. The van der Waals surface area contributed by atoms with Crippen LogP contribution in [0, 0.1) is 0 Å². The Bertz CT molecular complexity index is 1050. The highest BCUT2D eigenvalue weighted by Crippen LogP contribution is 2.34. The lowest BCUT2D eigenvalue weighted by Gasteiger charge is -2.17. The van der Waals surface area contributed by atoms with Crippen molar-refractivity contribution in [3.8, 4) is 11.3 Å². The number of carbonyl (C=O) groups is 2. The van der Waals surface area contributed by atoms with Crippen LogP contribution in [0.4, 0.5) is 10.8 Å². The molecule has 2 heterocycles. The number of thiazole rings is 1. The Balaban J connectivity index is 1.39. The molecule has 2 aromatic carbocycles. The third-order valence-corrected chi connectivity index (χ3v) is 6.03. The van der Waals surface area contributed by atoms with Crippen molar-refractivity contribution >= 4 is 34.0 Å². The molecule has 2 amide bonds. The van der Waals surface area contributed by atoms with Crippen molar-refractivity contribution in [2.75, 3.05) is 16.8 Å². The molecule has 0 saturated carbocycles. The van der Waals surface area contributed by atoms with Gasteiger partial charge in [0.2, 0.25) is 11.8 Å². The number of nitrogens with zero attached hydrogens (tertiary/aromatic N) is 2. The number of rotatable bonds is 7. The van der Waals surface area contributed by atoms with Gasteiger partial charge in [-0.05, 0) is 42.5 Å². The zero-order chi connectivity index (χ0) is 20.9. The van der Waals surface area contributed by atoms with Crippen molar-refractivity contribution < 1.29 is 9.59 Å². The van der Waals surface area contributed by atoms with Crippen molar-refractivity contribution in [3.05, 3.63) is 65.0 Å². The van der Waals surface area contributed by atoms with Gasteiger partial charge in [0.25, 0.3) is 0 Å². The van der Waals surface area contributed by atoms with Crippen LogP contribution in [0.3, 0.4) is 0 Å². The van der Waals surface area contributed by atoms with Crippen molar-refractivity contribution in [2.24, 2.45) is 0 Å². The number of hydrogen-bond acceptors (Lipinski definition) is 4. The molecule has 4 rings (SSSR count). The molecule has 0 atom stereocenters. The molecular formula is C24H25N3O2S. The number of amides is 2. The summed E-state index contributed by atoms with van der Waals surface area (Å²) < 4.78 is 0. The fraction of sp³-hybridized carbons (Fsp3) is 0.292. The second-order valence-electron chi connectivity index (χ2n) is 7.46. The topological polar surface area (TPSA) is 62.3 Å². The lowest BCUT2D eigenvalue weighted by Crippen LogP contribution is -2.28. The van der Waals surface area contributed by atoms with Gasteiger partial charge in [-0.2, -0.15) is 0 Å². The zero-order valence-corrected chi connectivity index (χ0v) is 17.9. The van der Waals surface area contributed by atoms with E-state index in [2.05, 4.69) is 16.4 Å². The van der Waals surface area contributed by atoms with Gasteiger partial charge in [-0.1, -0.05) is 43.3 Å². The number of carbonyl (C=O) groups excluding carboxylic acids is 2. The Labute approximate surface area is 180 Å². The molecule has 0 aliphatic carbocycles. The van der Waals surface area contributed by atoms with E-state index >= 15 is 0 Å². The van der Waals surface area contributed by atoms with Crippen molar-refractivity contribution in [3.63, 3.8) is 0 Å². The Morgan fingerprint density at radius 1 is 1.13 bits per heavy atom. The lowest BCUT2D eigenvalue weighted by atomic mass is 10.1. The Hall–Kier alpha value is -2.99. The maximum Gasteiger partial charge on any atom is 0.226 e. The highest BCUT2D eigenvalue weighted by atomic mass is 32.1. The average Bonchev–Trinajstić information content (AvgIpc) is 3.40. The number of aryl methyl sites for hydroxylation is 1. The number of nitrogens with one attached hydrogen (secondary N) is 1. The fourth-order valence-corrected chi connectivity index (χ4v) is 4.45. The van der Waals surface area contributed by atoms with Crippen molar-refractivity contribution in [2.45, 2.75) is 39.0 Å². The van der Waals surface area contributed by atoms with E-state index in [1.807, 2.05) is 59.7 Å². The van der Waals surface area contributed by atoms with Gasteiger partial charge < -0.3 is 10.2 Å². The maximum atomic E-state index is 12.3. The molecule has 0 bridgehead atoms. The fourth-order valence-electron chi connectivity index (χ4n) is 3.72. The minimum atomic E-state index is -0.0289. The molecule has 3 aromatic rings. The number of fused-ring (bicyclic) bond motifs is 1. The third-order valence-electron chi connectivity index (χ3n) is 5.27. The lowest BCUT2D eigenvalue weighted by molar-refractivity contribution is -0.118. The summed E-state index contributed by atoms with van der Waals surface area (Å²) in [6.45, 7) is 2.77. The molecule has 0 radical (unpaired) electrons. The van der Waals surface area contributed by atoms with E-state index in [9.17, 15) is 9.59 Å². The Morgan fingerprint density at radius 2 is 1.97 bits per heavy atom. The van der Waals surface area contributed by atoms with Crippen LogP contribution in [0.5, 0.6) is 0 Å². The quantitative estimate of drug-likeness (QED) is 0.581. The summed E-state index contributed by atoms with van der Waals surface area (Å²) in [7, 11) is 0. The van der Waals surface area contributed by atoms with Crippen LogP contribution in [0.25, 0.3) is 11.3 Å². The Kier molecular flexibility index (Phi) is 6.23. The van der Waals surface area contributed by atoms with E-state index in [0.717, 1.165) is 41.9 Å². The summed E-state index contributed by atoms with van der Waals surface area (Å²) in [6, 6.07) is 16.1. The highest BCUT2D eigenvalue weighted by molar-refractivity contribution is 7.14. The van der Waals surface area contributed by atoms with Gasteiger partial charge in [0, 0.05) is 36.0 Å². The molecular weight excluding hydrogens is 394 g/mol. The van der Waals surface area contributed by atoms with E-state index in [4.69, 9.17) is 0 Å². The average molecular weight is 420 g/mol. The van der Waals surface area contributed by atoms with Crippen LogP contribution < -0.4 is 10.2 Å². The molecule has 1 aliphatic heterocycles. The summed E-state index contributed by atoms with van der Waals surface area (Å²) in [6.07, 6.45) is 3.45. The van der Waals surface area contributed by atoms with Gasteiger partial charge in [0.05, 0.1) is 5.69 Å². The molecule has 30 heavy (non-hydrogen) atoms. The number of benzene rings is 2. The van der Waals surface area contributed by atoms with Crippen molar-refractivity contribution in [1.29, 1.82) is 0 Å². The van der Waals surface area contributed by atoms with E-state index in [1.54, 1.807) is 0 Å². The van der Waals surface area contributed by atoms with Crippen LogP contribution >= 0.6 is 11.3 Å². The Morgan fingerprint density at radius 3 is 2.77 bits per heavy atom. The highest BCUT2D eigenvalue weighted by Gasteiger charge is 2.24. The van der Waals surface area contributed by atoms with Crippen LogP contribution in [0.2, 0.25) is 0 Å². The van der Waals surface area contributed by atoms with E-state index in [1.165, 1.54) is 16.9 Å². The minimum Gasteiger partial charge on any atom is -0.312 e. The number of aromatic nitrogens is 1. The molecule has 0 unspecified atom stereocenters. The predicted octanol–water partition coefficient (Wildman–Crippen LogP) is 5.07. The third kappa shape index (κ3) is 4.60. The first kappa shape index (κ1) is 20.3. The normalized spacial score (nSPS) is 12.6. The smallest absolute Gasteiger partial charge is 0.226 e. The predicted molar refractivity (Wildman–Crippen MR) is 122 cm³/mol. The first-order chi connectivity index (χ1) is 14.6. The molecule has 1 aliphatic rings. The van der Waals surface area contributed by atoms with E-state index in [0.29, 0.717) is 24.4 Å². The molecule has 0 fully saturated rings. The molecule has 6 heteroatoms. The van der Waals surface area contributed by atoms with Gasteiger partial charge in [-0.3, -0.25) is 9.59 Å². The molecule has 5 nitrogen and oxygen atoms in total. The van der Waals surface area contributed by atoms with Crippen LogP contribution in [0.15, 0.2) is 53.9 Å². The largest absolute Gasteiger partial charge is 0.312 e. The number of hydrogen-bond donors (Lipinski definition) is 1. The standard InChI is InChI=1S/C24H25N3O2S/c1-2-6-23(29)27-14-13-19-15-18(10-11-21(19)27)20-16-30-24(25-20)26-22(28)12-9-17-7-4-3-5-8-17/h3-5,7-8,10-11,15-16H,2,6,9,12-14H2,1H3,(H,25,26,28).